The summed E-state index contributed by atoms with van der Waals surface area (Å²) in [5.74, 6) is 0. The fraction of sp³-hybridized carbons (Fsp3) is 0.368. The summed E-state index contributed by atoms with van der Waals surface area (Å²) < 4.78 is 11.4. The van der Waals surface area contributed by atoms with Gasteiger partial charge in [-0.05, 0) is 11.1 Å². The summed E-state index contributed by atoms with van der Waals surface area (Å²) in [6, 6.07) is 18.8. The first-order chi connectivity index (χ1) is 12.1. The molecule has 0 bridgehead atoms. The summed E-state index contributed by atoms with van der Waals surface area (Å²) >= 11 is 0. The highest BCUT2D eigenvalue weighted by Crippen LogP contribution is 2.31. The molecule has 1 saturated heterocycles. The van der Waals surface area contributed by atoms with E-state index in [9.17, 15) is 20.4 Å². The van der Waals surface area contributed by atoms with Crippen molar-refractivity contribution in [2.75, 3.05) is 6.61 Å². The van der Waals surface area contributed by atoms with Gasteiger partial charge in [-0.3, -0.25) is 0 Å². The number of aliphatic hydroxyl groups is 4. The topological polar surface area (TPSA) is 99.4 Å². The molecule has 5 atom stereocenters. The summed E-state index contributed by atoms with van der Waals surface area (Å²) in [4.78, 5) is 0. The van der Waals surface area contributed by atoms with E-state index in [1.807, 2.05) is 60.7 Å². The molecule has 6 heteroatoms. The van der Waals surface area contributed by atoms with Crippen LogP contribution in [0.15, 0.2) is 60.7 Å². The average molecular weight is 346 g/mol. The lowest BCUT2D eigenvalue weighted by Gasteiger charge is -2.41. The third-order valence-electron chi connectivity index (χ3n) is 4.32. The fourth-order valence-electron chi connectivity index (χ4n) is 2.92. The van der Waals surface area contributed by atoms with Crippen molar-refractivity contribution in [2.24, 2.45) is 0 Å². The van der Waals surface area contributed by atoms with Gasteiger partial charge in [0, 0.05) is 0 Å². The van der Waals surface area contributed by atoms with Gasteiger partial charge in [0.1, 0.15) is 30.5 Å². The summed E-state index contributed by atoms with van der Waals surface area (Å²) in [7, 11) is 0. The smallest absolute Gasteiger partial charge is 0.187 e. The van der Waals surface area contributed by atoms with Gasteiger partial charge >= 0.3 is 0 Å². The van der Waals surface area contributed by atoms with Crippen LogP contribution in [0.25, 0.3) is 0 Å². The molecule has 0 amide bonds. The van der Waals surface area contributed by atoms with E-state index in [2.05, 4.69) is 0 Å². The SMILES string of the molecule is OC[C@H]1O[C@@H](OC(c2ccccc2)c2ccccc2)[C@H](O)[C@@H](O)[C@@H]1O. The third-order valence-corrected chi connectivity index (χ3v) is 4.32. The maximum Gasteiger partial charge on any atom is 0.187 e. The highest BCUT2D eigenvalue weighted by atomic mass is 16.7. The first-order valence-electron chi connectivity index (χ1n) is 8.17. The molecule has 1 aliphatic heterocycles. The third kappa shape index (κ3) is 3.90. The van der Waals surface area contributed by atoms with Gasteiger partial charge in [0.05, 0.1) is 6.61 Å². The quantitative estimate of drug-likeness (QED) is 0.633. The van der Waals surface area contributed by atoms with Crippen LogP contribution < -0.4 is 0 Å². The van der Waals surface area contributed by atoms with Crippen molar-refractivity contribution in [2.45, 2.75) is 36.8 Å². The van der Waals surface area contributed by atoms with Crippen LogP contribution in [-0.4, -0.2) is 57.7 Å². The maximum absolute atomic E-state index is 10.2. The lowest BCUT2D eigenvalue weighted by molar-refractivity contribution is -0.309. The maximum atomic E-state index is 10.2. The largest absolute Gasteiger partial charge is 0.394 e. The van der Waals surface area contributed by atoms with Crippen LogP contribution in [-0.2, 0) is 9.47 Å². The standard InChI is InChI=1S/C19H22O6/c20-11-14-15(21)16(22)17(23)19(24-14)25-18(12-7-3-1-4-8-12)13-9-5-2-6-10-13/h1-10,14-23H,11H2/t14-,15-,16+,17-,19+/m1/s1. The molecule has 3 rings (SSSR count). The van der Waals surface area contributed by atoms with Crippen LogP contribution in [0.3, 0.4) is 0 Å². The van der Waals surface area contributed by atoms with E-state index in [1.165, 1.54) is 0 Å². The van der Waals surface area contributed by atoms with E-state index >= 15 is 0 Å². The molecule has 0 spiro atoms. The second-order valence-electron chi connectivity index (χ2n) is 6.03. The van der Waals surface area contributed by atoms with Crippen LogP contribution in [0.4, 0.5) is 0 Å². The van der Waals surface area contributed by atoms with Gasteiger partial charge in [-0.1, -0.05) is 60.7 Å². The molecule has 0 saturated carbocycles. The molecule has 2 aromatic rings. The zero-order valence-corrected chi connectivity index (χ0v) is 13.6. The molecule has 2 aromatic carbocycles. The van der Waals surface area contributed by atoms with E-state index in [4.69, 9.17) is 9.47 Å². The lowest BCUT2D eigenvalue weighted by atomic mass is 9.98. The molecule has 0 aliphatic carbocycles. The molecule has 1 aliphatic rings. The lowest BCUT2D eigenvalue weighted by Crippen LogP contribution is -2.59. The molecule has 1 heterocycles. The molecular weight excluding hydrogens is 324 g/mol. The average Bonchev–Trinajstić information content (AvgIpc) is 2.67. The molecule has 0 radical (unpaired) electrons. The van der Waals surface area contributed by atoms with Crippen molar-refractivity contribution in [3.8, 4) is 0 Å². The van der Waals surface area contributed by atoms with Crippen molar-refractivity contribution < 1.29 is 29.9 Å². The Morgan fingerprint density at radius 2 is 1.32 bits per heavy atom. The second kappa shape index (κ2) is 8.05. The van der Waals surface area contributed by atoms with Gasteiger partial charge in [0.25, 0.3) is 0 Å². The normalized spacial score (nSPS) is 29.7. The number of ether oxygens (including phenoxy) is 2. The van der Waals surface area contributed by atoms with E-state index in [-0.39, 0.29) is 0 Å². The summed E-state index contributed by atoms with van der Waals surface area (Å²) in [6.45, 7) is -0.494. The number of aliphatic hydroxyl groups excluding tert-OH is 4. The van der Waals surface area contributed by atoms with Crippen LogP contribution >= 0.6 is 0 Å². The Bertz CT molecular complexity index is 608. The molecule has 0 aromatic heterocycles. The number of hydrogen-bond donors (Lipinski definition) is 4. The van der Waals surface area contributed by atoms with Crippen molar-refractivity contribution in [3.63, 3.8) is 0 Å². The predicted octanol–water partition coefficient (Wildman–Crippen LogP) is 0.592. The predicted molar refractivity (Wildman–Crippen MR) is 89.6 cm³/mol. The minimum absolute atomic E-state index is 0.494. The summed E-state index contributed by atoms with van der Waals surface area (Å²) in [6.07, 6.45) is -7.05. The number of hydrogen-bond acceptors (Lipinski definition) is 6. The molecule has 0 unspecified atom stereocenters. The molecule has 6 nitrogen and oxygen atoms in total. The number of rotatable bonds is 5. The van der Waals surface area contributed by atoms with Crippen molar-refractivity contribution in [3.05, 3.63) is 71.8 Å². The van der Waals surface area contributed by atoms with Gasteiger partial charge in [-0.25, -0.2) is 0 Å². The Balaban J connectivity index is 1.87. The van der Waals surface area contributed by atoms with Crippen molar-refractivity contribution in [1.29, 1.82) is 0 Å². The molecule has 1 fully saturated rings. The van der Waals surface area contributed by atoms with Gasteiger partial charge in [0.2, 0.25) is 0 Å². The monoisotopic (exact) mass is 346 g/mol. The van der Waals surface area contributed by atoms with Crippen LogP contribution in [0.2, 0.25) is 0 Å². The van der Waals surface area contributed by atoms with Gasteiger partial charge in [0.15, 0.2) is 6.29 Å². The van der Waals surface area contributed by atoms with E-state index in [1.54, 1.807) is 0 Å². The Labute approximate surface area is 145 Å². The minimum atomic E-state index is -1.47. The summed E-state index contributed by atoms with van der Waals surface area (Å²) in [5.41, 5.74) is 1.70. The highest BCUT2D eigenvalue weighted by molar-refractivity contribution is 5.30. The number of benzene rings is 2. The van der Waals surface area contributed by atoms with E-state index in [0.29, 0.717) is 0 Å². The highest BCUT2D eigenvalue weighted by Gasteiger charge is 2.45. The molecule has 134 valence electrons. The van der Waals surface area contributed by atoms with Crippen molar-refractivity contribution >= 4 is 0 Å². The minimum Gasteiger partial charge on any atom is -0.394 e. The van der Waals surface area contributed by atoms with Crippen LogP contribution in [0.1, 0.15) is 17.2 Å². The van der Waals surface area contributed by atoms with Gasteiger partial charge in [-0.2, -0.15) is 0 Å². The Hall–Kier alpha value is -1.80. The van der Waals surface area contributed by atoms with E-state index in [0.717, 1.165) is 11.1 Å². The first kappa shape index (κ1) is 18.0. The molecular formula is C19H22O6. The van der Waals surface area contributed by atoms with Crippen LogP contribution in [0, 0.1) is 0 Å². The zero-order valence-electron chi connectivity index (χ0n) is 13.6. The second-order valence-corrected chi connectivity index (χ2v) is 6.03. The Kier molecular flexibility index (Phi) is 5.80. The summed E-state index contributed by atoms with van der Waals surface area (Å²) in [5, 5.41) is 39.4. The zero-order chi connectivity index (χ0) is 17.8. The first-order valence-corrected chi connectivity index (χ1v) is 8.17. The van der Waals surface area contributed by atoms with Crippen molar-refractivity contribution in [1.82, 2.24) is 0 Å². The Morgan fingerprint density at radius 3 is 1.80 bits per heavy atom. The van der Waals surface area contributed by atoms with Gasteiger partial charge in [-0.15, -0.1) is 0 Å². The van der Waals surface area contributed by atoms with Crippen LogP contribution in [0.5, 0.6) is 0 Å². The molecule has 4 N–H and O–H groups in total. The fourth-order valence-corrected chi connectivity index (χ4v) is 2.92. The Morgan fingerprint density at radius 1 is 0.800 bits per heavy atom. The van der Waals surface area contributed by atoms with E-state index < -0.39 is 43.4 Å². The van der Waals surface area contributed by atoms with Gasteiger partial charge < -0.3 is 29.9 Å². The molecule has 25 heavy (non-hydrogen) atoms.